The number of aromatic amines is 1. The van der Waals surface area contributed by atoms with Crippen LogP contribution in [0.25, 0.3) is 11.0 Å². The fourth-order valence-corrected chi connectivity index (χ4v) is 4.16. The minimum atomic E-state index is -0.529. The molecule has 0 aliphatic carbocycles. The Morgan fingerprint density at radius 2 is 1.87 bits per heavy atom. The SMILES string of the molecule is CC1CC(c2nc3ccc(B4OC(C)(C)C(C)(C)O4)cc3[nH]2)N(C(=O)OC(C)(C)C)C1. The summed E-state index contributed by atoms with van der Waals surface area (Å²) in [5.74, 6) is 1.17. The van der Waals surface area contributed by atoms with Crippen LogP contribution < -0.4 is 5.46 Å². The molecule has 2 saturated heterocycles. The van der Waals surface area contributed by atoms with Gasteiger partial charge >= 0.3 is 13.2 Å². The van der Waals surface area contributed by atoms with Crippen LogP contribution >= 0.6 is 0 Å². The van der Waals surface area contributed by atoms with E-state index >= 15 is 0 Å². The molecule has 2 unspecified atom stereocenters. The molecule has 1 aromatic heterocycles. The summed E-state index contributed by atoms with van der Waals surface area (Å²) in [6.45, 7) is 16.7. The van der Waals surface area contributed by atoms with E-state index in [0.717, 1.165) is 28.7 Å². The van der Waals surface area contributed by atoms with E-state index in [2.05, 4.69) is 11.9 Å². The predicted molar refractivity (Wildman–Crippen MR) is 121 cm³/mol. The van der Waals surface area contributed by atoms with Crippen LogP contribution in [-0.4, -0.2) is 51.4 Å². The van der Waals surface area contributed by atoms with Crippen molar-refractivity contribution in [3.05, 3.63) is 24.0 Å². The number of nitrogens with one attached hydrogen (secondary N) is 1. The van der Waals surface area contributed by atoms with E-state index in [-0.39, 0.29) is 23.3 Å². The Morgan fingerprint density at radius 1 is 1.23 bits per heavy atom. The van der Waals surface area contributed by atoms with Crippen LogP contribution in [0.4, 0.5) is 4.79 Å². The van der Waals surface area contributed by atoms with E-state index in [4.69, 9.17) is 19.0 Å². The zero-order chi connectivity index (χ0) is 22.8. The van der Waals surface area contributed by atoms with Gasteiger partial charge in [-0.3, -0.25) is 4.90 Å². The van der Waals surface area contributed by atoms with Gasteiger partial charge in [0, 0.05) is 6.54 Å². The third-order valence-electron chi connectivity index (χ3n) is 6.50. The molecule has 0 saturated carbocycles. The average molecular weight is 427 g/mol. The van der Waals surface area contributed by atoms with Crippen molar-refractivity contribution in [2.75, 3.05) is 6.54 Å². The standard InChI is InChI=1S/C23H34BN3O4/c1-14-11-18(27(13-14)20(28)29-21(2,3)4)19-25-16-10-9-15(12-17(16)26-19)24-30-22(5,6)23(7,8)31-24/h9-10,12,14,18H,11,13H2,1-8H3,(H,25,26). The first-order chi connectivity index (χ1) is 14.3. The number of imidazole rings is 1. The second kappa shape index (κ2) is 7.24. The lowest BCUT2D eigenvalue weighted by molar-refractivity contribution is 0.00578. The van der Waals surface area contributed by atoms with E-state index < -0.39 is 12.7 Å². The number of nitrogens with zero attached hydrogens (tertiary/aromatic N) is 2. The molecule has 3 heterocycles. The minimum absolute atomic E-state index is 0.127. The Morgan fingerprint density at radius 3 is 2.48 bits per heavy atom. The number of hydrogen-bond donors (Lipinski definition) is 1. The number of likely N-dealkylation sites (tertiary alicyclic amines) is 1. The normalized spacial score (nSPS) is 25.4. The molecule has 2 aliphatic rings. The van der Waals surface area contributed by atoms with Gasteiger partial charge in [0.25, 0.3) is 0 Å². The van der Waals surface area contributed by atoms with E-state index in [0.29, 0.717) is 12.5 Å². The van der Waals surface area contributed by atoms with Crippen molar-refractivity contribution >= 4 is 29.7 Å². The number of ether oxygens (including phenoxy) is 1. The van der Waals surface area contributed by atoms with Crippen molar-refractivity contribution in [2.24, 2.45) is 5.92 Å². The molecule has 2 atom stereocenters. The summed E-state index contributed by atoms with van der Waals surface area (Å²) < 4.78 is 18.0. The van der Waals surface area contributed by atoms with Crippen LogP contribution in [0.1, 0.15) is 73.7 Å². The van der Waals surface area contributed by atoms with Crippen LogP contribution in [0.15, 0.2) is 18.2 Å². The van der Waals surface area contributed by atoms with Crippen molar-refractivity contribution in [3.63, 3.8) is 0 Å². The monoisotopic (exact) mass is 427 g/mol. The van der Waals surface area contributed by atoms with Crippen LogP contribution in [0.5, 0.6) is 0 Å². The molecule has 2 aromatic rings. The summed E-state index contributed by atoms with van der Waals surface area (Å²) in [6, 6.07) is 5.88. The molecule has 0 bridgehead atoms. The average Bonchev–Trinajstić information content (AvgIpc) is 3.26. The Bertz CT molecular complexity index is 978. The third-order valence-corrected chi connectivity index (χ3v) is 6.50. The second-order valence-corrected chi connectivity index (χ2v) is 11.0. The van der Waals surface area contributed by atoms with E-state index in [1.807, 2.05) is 66.7 Å². The number of hydrogen-bond acceptors (Lipinski definition) is 5. The Balaban J connectivity index is 1.60. The summed E-state index contributed by atoms with van der Waals surface area (Å²) in [5.41, 5.74) is 1.41. The number of H-pyrrole nitrogens is 1. The smallest absolute Gasteiger partial charge is 0.444 e. The van der Waals surface area contributed by atoms with E-state index in [1.54, 1.807) is 4.90 Å². The zero-order valence-corrected chi connectivity index (χ0v) is 19.9. The first-order valence-corrected chi connectivity index (χ1v) is 11.1. The van der Waals surface area contributed by atoms with Gasteiger partial charge in [-0.2, -0.15) is 0 Å². The second-order valence-electron chi connectivity index (χ2n) is 11.0. The summed E-state index contributed by atoms with van der Waals surface area (Å²) in [5, 5.41) is 0. The van der Waals surface area contributed by atoms with Crippen molar-refractivity contribution in [2.45, 2.75) is 84.7 Å². The van der Waals surface area contributed by atoms with E-state index in [9.17, 15) is 4.79 Å². The fourth-order valence-electron chi connectivity index (χ4n) is 4.16. The highest BCUT2D eigenvalue weighted by Crippen LogP contribution is 2.37. The summed E-state index contributed by atoms with van der Waals surface area (Å²) in [7, 11) is -0.425. The van der Waals surface area contributed by atoms with Gasteiger partial charge in [-0.25, -0.2) is 9.78 Å². The molecular weight excluding hydrogens is 393 g/mol. The maximum absolute atomic E-state index is 12.8. The molecule has 1 aromatic carbocycles. The molecule has 168 valence electrons. The summed E-state index contributed by atoms with van der Waals surface area (Å²) in [4.78, 5) is 22.8. The largest absolute Gasteiger partial charge is 0.494 e. The number of aromatic nitrogens is 2. The highest BCUT2D eigenvalue weighted by atomic mass is 16.7. The predicted octanol–water partition coefficient (Wildman–Crippen LogP) is 4.18. The minimum Gasteiger partial charge on any atom is -0.444 e. The molecule has 4 rings (SSSR count). The molecule has 2 fully saturated rings. The highest BCUT2D eigenvalue weighted by molar-refractivity contribution is 6.62. The first kappa shape index (κ1) is 22.2. The van der Waals surface area contributed by atoms with Gasteiger partial charge in [0.1, 0.15) is 11.4 Å². The Kier molecular flexibility index (Phi) is 5.17. The number of rotatable bonds is 2. The third kappa shape index (κ3) is 4.20. The Hall–Kier alpha value is -2.06. The zero-order valence-electron chi connectivity index (χ0n) is 19.9. The lowest BCUT2D eigenvalue weighted by Gasteiger charge is -2.32. The highest BCUT2D eigenvalue weighted by Gasteiger charge is 2.51. The fraction of sp³-hybridized carbons (Fsp3) is 0.652. The van der Waals surface area contributed by atoms with Crippen LogP contribution in [0.3, 0.4) is 0 Å². The molecule has 1 amide bonds. The van der Waals surface area contributed by atoms with Gasteiger partial charge < -0.3 is 19.0 Å². The van der Waals surface area contributed by atoms with Crippen molar-refractivity contribution in [1.29, 1.82) is 0 Å². The van der Waals surface area contributed by atoms with Crippen LogP contribution in [-0.2, 0) is 14.0 Å². The van der Waals surface area contributed by atoms with Crippen molar-refractivity contribution in [1.82, 2.24) is 14.9 Å². The molecule has 1 N–H and O–H groups in total. The molecule has 7 nitrogen and oxygen atoms in total. The van der Waals surface area contributed by atoms with Gasteiger partial charge in [0.05, 0.1) is 28.3 Å². The van der Waals surface area contributed by atoms with Gasteiger partial charge in [-0.1, -0.05) is 13.0 Å². The van der Waals surface area contributed by atoms with E-state index in [1.165, 1.54) is 0 Å². The van der Waals surface area contributed by atoms with Gasteiger partial charge in [0.15, 0.2) is 0 Å². The quantitative estimate of drug-likeness (QED) is 0.728. The van der Waals surface area contributed by atoms with Crippen molar-refractivity contribution < 1.29 is 18.8 Å². The number of fused-ring (bicyclic) bond motifs is 1. The molecule has 0 spiro atoms. The maximum Gasteiger partial charge on any atom is 0.494 e. The lowest BCUT2D eigenvalue weighted by atomic mass is 9.79. The molecule has 8 heteroatoms. The van der Waals surface area contributed by atoms with Gasteiger partial charge in [-0.05, 0) is 78.4 Å². The Labute approximate surface area is 185 Å². The number of carbonyl (C=O) groups is 1. The molecular formula is C23H34BN3O4. The number of carbonyl (C=O) groups excluding carboxylic acids is 1. The summed E-state index contributed by atoms with van der Waals surface area (Å²) >= 11 is 0. The van der Waals surface area contributed by atoms with Crippen LogP contribution in [0.2, 0.25) is 0 Å². The summed E-state index contributed by atoms with van der Waals surface area (Å²) in [6.07, 6.45) is 0.559. The molecule has 31 heavy (non-hydrogen) atoms. The maximum atomic E-state index is 12.8. The first-order valence-electron chi connectivity index (χ1n) is 11.1. The van der Waals surface area contributed by atoms with Gasteiger partial charge in [-0.15, -0.1) is 0 Å². The van der Waals surface area contributed by atoms with Crippen LogP contribution in [0, 0.1) is 5.92 Å². The molecule has 0 radical (unpaired) electrons. The number of benzene rings is 1. The topological polar surface area (TPSA) is 76.7 Å². The lowest BCUT2D eigenvalue weighted by Crippen LogP contribution is -2.41. The number of amides is 1. The van der Waals surface area contributed by atoms with Crippen molar-refractivity contribution in [3.8, 4) is 0 Å². The van der Waals surface area contributed by atoms with Gasteiger partial charge in [0.2, 0.25) is 0 Å². The molecule has 2 aliphatic heterocycles.